The maximum atomic E-state index is 12.6. The number of ether oxygens (including phenoxy) is 2. The number of carbonyl (C=O) groups is 2. The van der Waals surface area contributed by atoms with E-state index in [1.54, 1.807) is 32.4 Å². The Morgan fingerprint density at radius 3 is 2.44 bits per heavy atom. The summed E-state index contributed by atoms with van der Waals surface area (Å²) in [5.74, 6) is 0.0328. The molecule has 4 aromatic rings. The normalized spacial score (nSPS) is 10.4. The number of hydrogen-bond donors (Lipinski definition) is 2. The maximum absolute atomic E-state index is 12.6. The lowest BCUT2D eigenvalue weighted by molar-refractivity contribution is -0.115. The third-order valence-electron chi connectivity index (χ3n) is 5.82. The number of carboxylic acid groups (broad SMARTS) is 1. The van der Waals surface area contributed by atoms with E-state index in [0.29, 0.717) is 50.3 Å². The average molecular weight is 540 g/mol. The predicted molar refractivity (Wildman–Crippen MR) is 150 cm³/mol. The molecule has 39 heavy (non-hydrogen) atoms. The lowest BCUT2D eigenvalue weighted by atomic mass is 9.98. The van der Waals surface area contributed by atoms with Crippen molar-refractivity contribution in [3.8, 4) is 40.0 Å². The highest BCUT2D eigenvalue weighted by Gasteiger charge is 2.20. The minimum atomic E-state index is -1.07. The zero-order valence-electron chi connectivity index (χ0n) is 21.3. The molecular formula is C30H25N3O5S. The topological polar surface area (TPSA) is 122 Å². The number of carbonyl (C=O) groups excluding carboxylic acids is 1. The van der Waals surface area contributed by atoms with Crippen molar-refractivity contribution in [3.63, 3.8) is 0 Å². The van der Waals surface area contributed by atoms with Crippen LogP contribution in [0.25, 0.3) is 22.4 Å². The molecule has 3 aromatic carbocycles. The number of anilines is 1. The van der Waals surface area contributed by atoms with Gasteiger partial charge in [-0.2, -0.15) is 5.26 Å². The van der Waals surface area contributed by atoms with Crippen LogP contribution in [0.4, 0.5) is 5.69 Å². The molecule has 0 unspecified atom stereocenters. The number of nitriles is 1. The van der Waals surface area contributed by atoms with Gasteiger partial charge < -0.3 is 19.9 Å². The number of aromatic carboxylic acids is 1. The van der Waals surface area contributed by atoms with E-state index in [1.807, 2.05) is 48.5 Å². The number of carboxylic acids is 1. The van der Waals surface area contributed by atoms with Crippen molar-refractivity contribution in [2.24, 2.45) is 0 Å². The summed E-state index contributed by atoms with van der Waals surface area (Å²) in [5, 5.41) is 22.6. The highest BCUT2D eigenvalue weighted by Crippen LogP contribution is 2.42. The number of pyridine rings is 1. The van der Waals surface area contributed by atoms with Crippen molar-refractivity contribution in [3.05, 3.63) is 90.0 Å². The summed E-state index contributed by atoms with van der Waals surface area (Å²) in [7, 11) is 3.10. The van der Waals surface area contributed by atoms with Gasteiger partial charge in [0.05, 0.1) is 31.0 Å². The van der Waals surface area contributed by atoms with E-state index in [2.05, 4.69) is 11.4 Å². The van der Waals surface area contributed by atoms with Crippen molar-refractivity contribution in [2.75, 3.05) is 25.3 Å². The molecule has 0 saturated carbocycles. The monoisotopic (exact) mass is 539 g/mol. The smallest absolute Gasteiger partial charge is 0.335 e. The number of thioether (sulfide) groups is 1. The van der Waals surface area contributed by atoms with Gasteiger partial charge in [-0.15, -0.1) is 11.8 Å². The first-order chi connectivity index (χ1) is 18.9. The Balaban J connectivity index is 1.65. The molecule has 0 radical (unpaired) electrons. The third-order valence-corrected chi connectivity index (χ3v) is 6.80. The van der Waals surface area contributed by atoms with Crippen molar-refractivity contribution in [2.45, 2.75) is 11.4 Å². The van der Waals surface area contributed by atoms with Gasteiger partial charge in [-0.1, -0.05) is 48.5 Å². The zero-order chi connectivity index (χ0) is 27.8. The van der Waals surface area contributed by atoms with Gasteiger partial charge in [-0.3, -0.25) is 4.79 Å². The van der Waals surface area contributed by atoms with Gasteiger partial charge in [0, 0.05) is 34.6 Å². The molecule has 0 fully saturated rings. The lowest BCUT2D eigenvalue weighted by Crippen LogP contribution is -2.13. The third kappa shape index (κ3) is 6.37. The Morgan fingerprint density at radius 2 is 1.74 bits per heavy atom. The van der Waals surface area contributed by atoms with E-state index in [9.17, 15) is 14.9 Å². The molecular weight excluding hydrogens is 514 g/mol. The van der Waals surface area contributed by atoms with Crippen LogP contribution in [0.2, 0.25) is 0 Å². The lowest BCUT2D eigenvalue weighted by Gasteiger charge is -2.16. The average Bonchev–Trinajstić information content (AvgIpc) is 2.96. The van der Waals surface area contributed by atoms with Crippen LogP contribution in [0.5, 0.6) is 11.5 Å². The first kappa shape index (κ1) is 27.2. The largest absolute Gasteiger partial charge is 0.493 e. The predicted octanol–water partition coefficient (Wildman–Crippen LogP) is 6.12. The van der Waals surface area contributed by atoms with Crippen molar-refractivity contribution in [1.29, 1.82) is 5.26 Å². The minimum Gasteiger partial charge on any atom is -0.493 e. The number of rotatable bonds is 10. The maximum Gasteiger partial charge on any atom is 0.335 e. The first-order valence-corrected chi connectivity index (χ1v) is 12.9. The van der Waals surface area contributed by atoms with E-state index in [1.165, 1.54) is 23.9 Å². The minimum absolute atomic E-state index is 0.0864. The molecule has 0 bridgehead atoms. The van der Waals surface area contributed by atoms with E-state index in [-0.39, 0.29) is 17.9 Å². The molecule has 1 amide bonds. The van der Waals surface area contributed by atoms with Crippen LogP contribution in [0.1, 0.15) is 22.3 Å². The summed E-state index contributed by atoms with van der Waals surface area (Å²) in [5.41, 5.74) is 3.73. The van der Waals surface area contributed by atoms with E-state index in [0.717, 1.165) is 5.56 Å². The summed E-state index contributed by atoms with van der Waals surface area (Å²) >= 11 is 1.30. The Labute approximate surface area is 230 Å². The second kappa shape index (κ2) is 12.6. The number of nitrogens with zero attached hydrogens (tertiary/aromatic N) is 2. The summed E-state index contributed by atoms with van der Waals surface area (Å²) in [6, 6.07) is 25.3. The fourth-order valence-electron chi connectivity index (χ4n) is 4.00. The van der Waals surface area contributed by atoms with Crippen LogP contribution >= 0.6 is 11.8 Å². The number of nitrogens with one attached hydrogen (secondary N) is 1. The van der Waals surface area contributed by atoms with Crippen LogP contribution in [0.3, 0.4) is 0 Å². The fraction of sp³-hybridized carbons (Fsp3) is 0.133. The van der Waals surface area contributed by atoms with Crippen LogP contribution in [-0.4, -0.2) is 41.9 Å². The molecule has 0 aliphatic rings. The highest BCUT2D eigenvalue weighted by atomic mass is 32.2. The van der Waals surface area contributed by atoms with E-state index < -0.39 is 5.97 Å². The molecule has 0 spiro atoms. The molecule has 1 heterocycles. The van der Waals surface area contributed by atoms with Gasteiger partial charge in [-0.05, 0) is 30.3 Å². The van der Waals surface area contributed by atoms with Crippen molar-refractivity contribution >= 4 is 29.3 Å². The molecule has 1 aromatic heterocycles. The molecule has 8 nitrogen and oxygen atoms in total. The molecule has 0 aliphatic heterocycles. The summed E-state index contributed by atoms with van der Waals surface area (Å²) in [6.45, 7) is 0. The molecule has 2 N–H and O–H groups in total. The fourth-order valence-corrected chi connectivity index (χ4v) is 4.94. The number of aromatic nitrogens is 1. The Morgan fingerprint density at radius 1 is 0.974 bits per heavy atom. The van der Waals surface area contributed by atoms with Gasteiger partial charge in [-0.25, -0.2) is 9.78 Å². The molecule has 4 rings (SSSR count). The van der Waals surface area contributed by atoms with Gasteiger partial charge in [0.15, 0.2) is 11.5 Å². The Bertz CT molecular complexity index is 1550. The van der Waals surface area contributed by atoms with Crippen LogP contribution in [-0.2, 0) is 4.79 Å². The summed E-state index contributed by atoms with van der Waals surface area (Å²) in [6.07, 6.45) is 0.127. The van der Waals surface area contributed by atoms with Crippen molar-refractivity contribution in [1.82, 2.24) is 4.98 Å². The van der Waals surface area contributed by atoms with Gasteiger partial charge in [0.2, 0.25) is 5.91 Å². The molecule has 0 saturated heterocycles. The number of para-hydroxylation sites is 1. The Kier molecular flexibility index (Phi) is 8.82. The van der Waals surface area contributed by atoms with Gasteiger partial charge >= 0.3 is 5.97 Å². The van der Waals surface area contributed by atoms with E-state index in [4.69, 9.17) is 19.6 Å². The standard InChI is InChI=1S/C30H25N3O5S/c1-37-26-13-7-12-22(28(26)38-2)23-17-25(19-8-4-3-5-9-19)33-29(24(23)18-31)39-15-14-27(34)32-21-11-6-10-20(16-21)30(35)36/h3-13,16-17H,14-15H2,1-2H3,(H,32,34)(H,35,36). The Hall–Kier alpha value is -4.81. The SMILES string of the molecule is COc1cccc(-c2cc(-c3ccccc3)nc(SCCC(=O)Nc3cccc(C(=O)O)c3)c2C#N)c1OC. The zero-order valence-corrected chi connectivity index (χ0v) is 22.1. The number of benzene rings is 3. The second-order valence-electron chi connectivity index (χ2n) is 8.29. The summed E-state index contributed by atoms with van der Waals surface area (Å²) in [4.78, 5) is 28.6. The molecule has 9 heteroatoms. The second-order valence-corrected chi connectivity index (χ2v) is 9.37. The number of hydrogen-bond acceptors (Lipinski definition) is 7. The highest BCUT2D eigenvalue weighted by molar-refractivity contribution is 7.99. The van der Waals surface area contributed by atoms with Crippen LogP contribution < -0.4 is 14.8 Å². The number of methoxy groups -OCH3 is 2. The summed E-state index contributed by atoms with van der Waals surface area (Å²) < 4.78 is 11.1. The first-order valence-electron chi connectivity index (χ1n) is 11.9. The quantitative estimate of drug-likeness (QED) is 0.231. The van der Waals surface area contributed by atoms with Crippen molar-refractivity contribution < 1.29 is 24.2 Å². The molecule has 0 atom stereocenters. The van der Waals surface area contributed by atoms with Gasteiger partial charge in [0.25, 0.3) is 0 Å². The number of amides is 1. The molecule has 0 aliphatic carbocycles. The molecule has 196 valence electrons. The van der Waals surface area contributed by atoms with Crippen LogP contribution in [0.15, 0.2) is 83.9 Å². The van der Waals surface area contributed by atoms with Gasteiger partial charge in [0.1, 0.15) is 11.1 Å². The van der Waals surface area contributed by atoms with Crippen LogP contribution in [0, 0.1) is 11.3 Å². The van der Waals surface area contributed by atoms with E-state index >= 15 is 0 Å².